The summed E-state index contributed by atoms with van der Waals surface area (Å²) >= 11 is 0. The molecule has 0 aromatic rings. The van der Waals surface area contributed by atoms with Crippen LogP contribution in [0.1, 0.15) is 64.7 Å². The smallest absolute Gasteiger partial charge is 0.303 e. The lowest BCUT2D eigenvalue weighted by molar-refractivity contribution is -0.137. The normalized spacial score (nSPS) is 33.2. The number of nitrogens with zero attached hydrogens (tertiary/aromatic N) is 1. The van der Waals surface area contributed by atoms with Gasteiger partial charge in [0.1, 0.15) is 0 Å². The molecular formula is C16H29NO2. The van der Waals surface area contributed by atoms with Gasteiger partial charge in [0.05, 0.1) is 0 Å². The van der Waals surface area contributed by atoms with E-state index in [1.54, 1.807) is 0 Å². The predicted octanol–water partition coefficient (Wildman–Crippen LogP) is 3.53. The predicted molar refractivity (Wildman–Crippen MR) is 77.2 cm³/mol. The van der Waals surface area contributed by atoms with Gasteiger partial charge in [-0.2, -0.15) is 0 Å². The quantitative estimate of drug-likeness (QED) is 0.828. The Balaban J connectivity index is 1.79. The summed E-state index contributed by atoms with van der Waals surface area (Å²) in [7, 11) is 0. The first-order valence-electron chi connectivity index (χ1n) is 8.11. The van der Waals surface area contributed by atoms with E-state index >= 15 is 0 Å². The van der Waals surface area contributed by atoms with Gasteiger partial charge >= 0.3 is 5.97 Å². The van der Waals surface area contributed by atoms with E-state index in [1.807, 2.05) is 0 Å². The third-order valence-corrected chi connectivity index (χ3v) is 5.07. The molecule has 1 unspecified atom stereocenters. The van der Waals surface area contributed by atoms with Crippen LogP contribution in [-0.4, -0.2) is 35.1 Å². The monoisotopic (exact) mass is 267 g/mol. The third-order valence-electron chi connectivity index (χ3n) is 5.07. The first kappa shape index (κ1) is 14.8. The van der Waals surface area contributed by atoms with E-state index in [2.05, 4.69) is 11.8 Å². The molecule has 3 nitrogen and oxygen atoms in total. The fraction of sp³-hybridized carbons (Fsp3) is 0.938. The van der Waals surface area contributed by atoms with Crippen molar-refractivity contribution < 1.29 is 9.90 Å². The molecule has 110 valence electrons. The highest BCUT2D eigenvalue weighted by atomic mass is 16.4. The molecule has 19 heavy (non-hydrogen) atoms. The molecule has 0 spiro atoms. The lowest BCUT2D eigenvalue weighted by Crippen LogP contribution is -2.43. The minimum absolute atomic E-state index is 0.336. The molecule has 2 fully saturated rings. The fourth-order valence-electron chi connectivity index (χ4n) is 3.76. The van der Waals surface area contributed by atoms with Crippen molar-refractivity contribution in [1.82, 2.24) is 4.90 Å². The topological polar surface area (TPSA) is 40.5 Å². The van der Waals surface area contributed by atoms with Crippen LogP contribution in [0.3, 0.4) is 0 Å². The average molecular weight is 267 g/mol. The molecule has 1 saturated carbocycles. The molecule has 3 heteroatoms. The number of carboxylic acid groups (broad SMARTS) is 1. The Morgan fingerprint density at radius 2 is 1.89 bits per heavy atom. The van der Waals surface area contributed by atoms with E-state index in [-0.39, 0.29) is 0 Å². The zero-order valence-corrected chi connectivity index (χ0v) is 12.3. The molecule has 2 rings (SSSR count). The third kappa shape index (κ3) is 4.79. The van der Waals surface area contributed by atoms with Crippen LogP contribution in [0.25, 0.3) is 0 Å². The second kappa shape index (κ2) is 7.28. The summed E-state index contributed by atoms with van der Waals surface area (Å²) in [5, 5.41) is 8.86. The van der Waals surface area contributed by atoms with E-state index in [9.17, 15) is 4.79 Å². The minimum Gasteiger partial charge on any atom is -0.481 e. The van der Waals surface area contributed by atoms with E-state index < -0.39 is 5.97 Å². The molecule has 0 aromatic heterocycles. The fourth-order valence-corrected chi connectivity index (χ4v) is 3.76. The Kier molecular flexibility index (Phi) is 5.68. The van der Waals surface area contributed by atoms with Crippen molar-refractivity contribution in [3.05, 3.63) is 0 Å². The zero-order chi connectivity index (χ0) is 13.7. The largest absolute Gasteiger partial charge is 0.481 e. The maximum Gasteiger partial charge on any atom is 0.303 e. The maximum atomic E-state index is 10.8. The molecule has 1 atom stereocenters. The maximum absolute atomic E-state index is 10.8. The van der Waals surface area contributed by atoms with Gasteiger partial charge in [-0.3, -0.25) is 4.79 Å². The molecule has 2 aliphatic rings. The molecule has 0 amide bonds. The lowest BCUT2D eigenvalue weighted by Gasteiger charge is -2.39. The van der Waals surface area contributed by atoms with Crippen molar-refractivity contribution in [2.75, 3.05) is 13.1 Å². The second-order valence-electron chi connectivity index (χ2n) is 6.70. The van der Waals surface area contributed by atoms with Crippen LogP contribution < -0.4 is 0 Å². The van der Waals surface area contributed by atoms with Gasteiger partial charge in [0.15, 0.2) is 0 Å². The Labute approximate surface area is 117 Å². The summed E-state index contributed by atoms with van der Waals surface area (Å²) < 4.78 is 0. The Bertz CT molecular complexity index is 284. The van der Waals surface area contributed by atoms with Crippen molar-refractivity contribution in [2.45, 2.75) is 70.8 Å². The molecule has 0 aromatic carbocycles. The van der Waals surface area contributed by atoms with Crippen LogP contribution >= 0.6 is 0 Å². The summed E-state index contributed by atoms with van der Waals surface area (Å²) in [6.45, 7) is 4.78. The molecule has 1 N–H and O–H groups in total. The second-order valence-corrected chi connectivity index (χ2v) is 6.70. The van der Waals surface area contributed by atoms with Crippen molar-refractivity contribution in [3.63, 3.8) is 0 Å². The van der Waals surface area contributed by atoms with Gasteiger partial charge < -0.3 is 10.0 Å². The van der Waals surface area contributed by atoms with Gasteiger partial charge in [-0.25, -0.2) is 0 Å². The molecule has 1 aliphatic heterocycles. The van der Waals surface area contributed by atoms with E-state index in [0.29, 0.717) is 12.5 Å². The van der Waals surface area contributed by atoms with Gasteiger partial charge in [0.2, 0.25) is 0 Å². The lowest BCUT2D eigenvalue weighted by atomic mass is 9.82. The number of carbonyl (C=O) groups is 1. The van der Waals surface area contributed by atoms with Gasteiger partial charge in [-0.15, -0.1) is 0 Å². The number of piperidine rings is 1. The molecule has 1 saturated heterocycles. The summed E-state index contributed by atoms with van der Waals surface area (Å²) in [5.41, 5.74) is 0. The summed E-state index contributed by atoms with van der Waals surface area (Å²) in [4.78, 5) is 13.4. The van der Waals surface area contributed by atoms with E-state index in [1.165, 1.54) is 58.0 Å². The first-order chi connectivity index (χ1) is 9.15. The first-order valence-corrected chi connectivity index (χ1v) is 8.11. The highest BCUT2D eigenvalue weighted by molar-refractivity contribution is 5.66. The van der Waals surface area contributed by atoms with Crippen LogP contribution in [-0.2, 0) is 4.79 Å². The van der Waals surface area contributed by atoms with E-state index in [4.69, 9.17) is 5.11 Å². The van der Waals surface area contributed by atoms with Gasteiger partial charge in [-0.05, 0) is 50.5 Å². The standard InChI is InChI=1S/C16H29NO2/c1-13-5-7-14(8-6-13)12-17-11-3-2-4-15(17)9-10-16(18)19/h13-15H,2-12H2,1H3,(H,18,19). The number of aliphatic carboxylic acids is 1. The van der Waals surface area contributed by atoms with Crippen LogP contribution in [0.15, 0.2) is 0 Å². The SMILES string of the molecule is CC1CCC(CN2CCCCC2CCC(=O)O)CC1. The Morgan fingerprint density at radius 1 is 1.16 bits per heavy atom. The molecule has 0 radical (unpaired) electrons. The molecule has 1 heterocycles. The van der Waals surface area contributed by atoms with Crippen molar-refractivity contribution in [1.29, 1.82) is 0 Å². The highest BCUT2D eigenvalue weighted by Crippen LogP contribution is 2.31. The Morgan fingerprint density at radius 3 is 2.58 bits per heavy atom. The number of rotatable bonds is 5. The van der Waals surface area contributed by atoms with Crippen LogP contribution in [0.2, 0.25) is 0 Å². The van der Waals surface area contributed by atoms with E-state index in [0.717, 1.165) is 18.3 Å². The van der Waals surface area contributed by atoms with Gasteiger partial charge in [0, 0.05) is 19.0 Å². The van der Waals surface area contributed by atoms with Crippen LogP contribution in [0.4, 0.5) is 0 Å². The van der Waals surface area contributed by atoms with Gasteiger partial charge in [-0.1, -0.05) is 26.2 Å². The highest BCUT2D eigenvalue weighted by Gasteiger charge is 2.27. The summed E-state index contributed by atoms with van der Waals surface area (Å²) in [6.07, 6.45) is 10.5. The van der Waals surface area contributed by atoms with Crippen molar-refractivity contribution in [3.8, 4) is 0 Å². The number of likely N-dealkylation sites (tertiary alicyclic amines) is 1. The average Bonchev–Trinajstić information content (AvgIpc) is 2.40. The molecule has 0 bridgehead atoms. The van der Waals surface area contributed by atoms with Crippen molar-refractivity contribution >= 4 is 5.97 Å². The van der Waals surface area contributed by atoms with Gasteiger partial charge in [0.25, 0.3) is 0 Å². The van der Waals surface area contributed by atoms with Crippen molar-refractivity contribution in [2.24, 2.45) is 11.8 Å². The number of hydrogen-bond donors (Lipinski definition) is 1. The van der Waals surface area contributed by atoms with Crippen LogP contribution in [0.5, 0.6) is 0 Å². The molecule has 1 aliphatic carbocycles. The zero-order valence-electron chi connectivity index (χ0n) is 12.3. The Hall–Kier alpha value is -0.570. The van der Waals surface area contributed by atoms with Crippen LogP contribution in [0, 0.1) is 11.8 Å². The molecular weight excluding hydrogens is 238 g/mol. The number of hydrogen-bond acceptors (Lipinski definition) is 2. The number of carboxylic acids is 1. The summed E-state index contributed by atoms with van der Waals surface area (Å²) in [6, 6.07) is 0.532. The summed E-state index contributed by atoms with van der Waals surface area (Å²) in [5.74, 6) is 1.14. The minimum atomic E-state index is -0.642.